The van der Waals surface area contributed by atoms with Gasteiger partial charge in [-0.3, -0.25) is 4.79 Å². The third-order valence-electron chi connectivity index (χ3n) is 5.01. The third-order valence-corrected chi connectivity index (χ3v) is 7.88. The van der Waals surface area contributed by atoms with E-state index >= 15 is 0 Å². The molecule has 0 aliphatic carbocycles. The van der Waals surface area contributed by atoms with E-state index in [1.807, 2.05) is 24.3 Å². The lowest BCUT2D eigenvalue weighted by molar-refractivity contribution is -0.113. The molecule has 0 aliphatic rings. The van der Waals surface area contributed by atoms with Crippen LogP contribution in [0.4, 0.5) is 5.69 Å². The topological polar surface area (TPSA) is 105 Å². The summed E-state index contributed by atoms with van der Waals surface area (Å²) in [6.45, 7) is 8.50. The number of nitrogens with one attached hydrogen (secondary N) is 1. The highest BCUT2D eigenvalue weighted by molar-refractivity contribution is 7.99. The van der Waals surface area contributed by atoms with Gasteiger partial charge in [-0.1, -0.05) is 63.7 Å². The number of thioether (sulfide) groups is 1. The van der Waals surface area contributed by atoms with E-state index in [0.29, 0.717) is 18.7 Å². The smallest absolute Gasteiger partial charge is 0.277 e. The molecule has 3 aromatic rings. The largest absolute Gasteiger partial charge is 0.411 e. The zero-order valence-electron chi connectivity index (χ0n) is 19.1. The lowest BCUT2D eigenvalue weighted by atomic mass is 10.0. The summed E-state index contributed by atoms with van der Waals surface area (Å²) >= 11 is 1.12. The molecule has 2 aromatic carbocycles. The lowest BCUT2D eigenvalue weighted by Crippen LogP contribution is -2.30. The molecular weight excluding hydrogens is 460 g/mol. The van der Waals surface area contributed by atoms with Crippen molar-refractivity contribution in [1.29, 1.82) is 0 Å². The zero-order chi connectivity index (χ0) is 24.0. The van der Waals surface area contributed by atoms with Crippen molar-refractivity contribution >= 4 is 33.4 Å². The van der Waals surface area contributed by atoms with Crippen molar-refractivity contribution in [2.75, 3.05) is 24.2 Å². The first-order valence-electron chi connectivity index (χ1n) is 10.7. The molecule has 0 spiro atoms. The molecule has 1 aromatic heterocycles. The second kappa shape index (κ2) is 11.0. The molecule has 10 heteroatoms. The highest BCUT2D eigenvalue weighted by Gasteiger charge is 2.22. The first kappa shape index (κ1) is 24.9. The van der Waals surface area contributed by atoms with Crippen LogP contribution in [0.15, 0.2) is 63.1 Å². The molecule has 1 N–H and O–H groups in total. The number of para-hydroxylation sites is 1. The molecule has 0 aliphatic heterocycles. The van der Waals surface area contributed by atoms with Crippen LogP contribution in [0.25, 0.3) is 11.5 Å². The Kier molecular flexibility index (Phi) is 8.28. The minimum Gasteiger partial charge on any atom is -0.411 e. The van der Waals surface area contributed by atoms with Crippen LogP contribution in [0, 0.1) is 0 Å². The minimum absolute atomic E-state index is 0.102. The van der Waals surface area contributed by atoms with Gasteiger partial charge in [0.15, 0.2) is 0 Å². The number of aromatic nitrogens is 2. The van der Waals surface area contributed by atoms with Crippen molar-refractivity contribution in [2.45, 2.75) is 43.7 Å². The van der Waals surface area contributed by atoms with E-state index in [-0.39, 0.29) is 33.6 Å². The molecule has 0 fully saturated rings. The summed E-state index contributed by atoms with van der Waals surface area (Å²) in [5.41, 5.74) is 2.35. The Labute approximate surface area is 198 Å². The highest BCUT2D eigenvalue weighted by atomic mass is 32.2. The summed E-state index contributed by atoms with van der Waals surface area (Å²) in [6, 6.07) is 14.1. The molecule has 8 nitrogen and oxygen atoms in total. The summed E-state index contributed by atoms with van der Waals surface area (Å²) < 4.78 is 32.6. The SMILES string of the molecule is CCN(CC)S(=O)(=O)c1cccc(-c2nnc(SCC(=O)Nc3ccccc3C(C)C)o2)c1. The van der Waals surface area contributed by atoms with E-state index in [9.17, 15) is 13.2 Å². The number of amides is 1. The molecule has 0 radical (unpaired) electrons. The van der Waals surface area contributed by atoms with Gasteiger partial charge in [0.25, 0.3) is 5.22 Å². The quantitative estimate of drug-likeness (QED) is 0.415. The monoisotopic (exact) mass is 488 g/mol. The molecular formula is C23H28N4O4S2. The summed E-state index contributed by atoms with van der Waals surface area (Å²) in [5, 5.41) is 11.2. The number of carbonyl (C=O) groups excluding carboxylic acids is 1. The van der Waals surface area contributed by atoms with Gasteiger partial charge in [0.05, 0.1) is 10.6 Å². The number of hydrogen-bond donors (Lipinski definition) is 1. The lowest BCUT2D eigenvalue weighted by Gasteiger charge is -2.18. The van der Waals surface area contributed by atoms with Crippen molar-refractivity contribution in [1.82, 2.24) is 14.5 Å². The van der Waals surface area contributed by atoms with Crippen LogP contribution in [-0.4, -0.2) is 47.7 Å². The van der Waals surface area contributed by atoms with Crippen molar-refractivity contribution in [3.05, 3.63) is 54.1 Å². The van der Waals surface area contributed by atoms with Crippen LogP contribution in [0.5, 0.6) is 0 Å². The van der Waals surface area contributed by atoms with Crippen LogP contribution >= 0.6 is 11.8 Å². The van der Waals surface area contributed by atoms with E-state index in [4.69, 9.17) is 4.42 Å². The Hall–Kier alpha value is -2.69. The molecule has 0 atom stereocenters. The van der Waals surface area contributed by atoms with Crippen LogP contribution in [-0.2, 0) is 14.8 Å². The van der Waals surface area contributed by atoms with Crippen LogP contribution in [0.2, 0.25) is 0 Å². The van der Waals surface area contributed by atoms with Gasteiger partial charge in [-0.25, -0.2) is 8.42 Å². The average molecular weight is 489 g/mol. The Balaban J connectivity index is 1.68. The molecule has 1 amide bonds. The Morgan fingerprint density at radius 1 is 1.09 bits per heavy atom. The van der Waals surface area contributed by atoms with Gasteiger partial charge < -0.3 is 9.73 Å². The average Bonchev–Trinajstić information content (AvgIpc) is 3.28. The number of benzene rings is 2. The van der Waals surface area contributed by atoms with Gasteiger partial charge >= 0.3 is 0 Å². The van der Waals surface area contributed by atoms with Crippen LogP contribution in [0.3, 0.4) is 0 Å². The second-order valence-electron chi connectivity index (χ2n) is 7.57. The third kappa shape index (κ3) is 6.01. The Morgan fingerprint density at radius 3 is 2.52 bits per heavy atom. The summed E-state index contributed by atoms with van der Waals surface area (Å²) in [5.74, 6) is 0.401. The number of hydrogen-bond acceptors (Lipinski definition) is 7. The maximum Gasteiger partial charge on any atom is 0.277 e. The van der Waals surface area contributed by atoms with Gasteiger partial charge in [0.1, 0.15) is 0 Å². The Bertz CT molecular complexity index is 1200. The van der Waals surface area contributed by atoms with Gasteiger partial charge in [0, 0.05) is 24.3 Å². The predicted molar refractivity (Wildman–Crippen MR) is 130 cm³/mol. The fourth-order valence-corrected chi connectivity index (χ4v) is 5.38. The number of sulfonamides is 1. The number of rotatable bonds is 10. The molecule has 0 saturated carbocycles. The fourth-order valence-electron chi connectivity index (χ4n) is 3.31. The standard InChI is InChI=1S/C23H28N4O4S2/c1-5-27(6-2)33(29,30)18-11-9-10-17(14-18)22-25-26-23(31-22)32-15-21(28)24-20-13-8-7-12-19(20)16(3)4/h7-14,16H,5-6,15H2,1-4H3,(H,24,28). The van der Waals surface area contributed by atoms with E-state index in [1.54, 1.807) is 32.0 Å². The van der Waals surface area contributed by atoms with Crippen LogP contribution in [0.1, 0.15) is 39.2 Å². The Morgan fingerprint density at radius 2 is 1.82 bits per heavy atom. The second-order valence-corrected chi connectivity index (χ2v) is 10.4. The van der Waals surface area contributed by atoms with Gasteiger partial charge in [-0.05, 0) is 35.7 Å². The number of anilines is 1. The first-order valence-corrected chi connectivity index (χ1v) is 13.1. The molecule has 176 valence electrons. The highest BCUT2D eigenvalue weighted by Crippen LogP contribution is 2.27. The molecule has 1 heterocycles. The van der Waals surface area contributed by atoms with Gasteiger partial charge in [-0.2, -0.15) is 4.31 Å². The minimum atomic E-state index is -3.60. The summed E-state index contributed by atoms with van der Waals surface area (Å²) in [7, 11) is -3.60. The number of nitrogens with zero attached hydrogens (tertiary/aromatic N) is 3. The van der Waals surface area contributed by atoms with Crippen molar-refractivity contribution in [3.8, 4) is 11.5 Å². The van der Waals surface area contributed by atoms with E-state index < -0.39 is 10.0 Å². The maximum atomic E-state index is 12.8. The zero-order valence-corrected chi connectivity index (χ0v) is 20.7. The molecule has 3 rings (SSSR count). The summed E-state index contributed by atoms with van der Waals surface area (Å²) in [4.78, 5) is 12.6. The first-order chi connectivity index (χ1) is 15.8. The predicted octanol–water partition coefficient (Wildman–Crippen LogP) is 4.62. The summed E-state index contributed by atoms with van der Waals surface area (Å²) in [6.07, 6.45) is 0. The number of carbonyl (C=O) groups is 1. The van der Waals surface area contributed by atoms with Crippen molar-refractivity contribution in [2.24, 2.45) is 0 Å². The fraction of sp³-hybridized carbons (Fsp3) is 0.348. The van der Waals surface area contributed by atoms with E-state index in [2.05, 4.69) is 29.4 Å². The molecule has 33 heavy (non-hydrogen) atoms. The van der Waals surface area contributed by atoms with Gasteiger partial charge in [0.2, 0.25) is 21.8 Å². The van der Waals surface area contributed by atoms with E-state index in [1.165, 1.54) is 10.4 Å². The molecule has 0 unspecified atom stereocenters. The van der Waals surface area contributed by atoms with Crippen LogP contribution < -0.4 is 5.32 Å². The van der Waals surface area contributed by atoms with Gasteiger partial charge in [-0.15, -0.1) is 10.2 Å². The maximum absolute atomic E-state index is 12.8. The normalized spacial score (nSPS) is 11.8. The van der Waals surface area contributed by atoms with E-state index in [0.717, 1.165) is 23.0 Å². The molecule has 0 saturated heterocycles. The molecule has 0 bridgehead atoms. The van der Waals surface area contributed by atoms with Crippen molar-refractivity contribution in [3.63, 3.8) is 0 Å². The van der Waals surface area contributed by atoms with Crippen molar-refractivity contribution < 1.29 is 17.6 Å².